The summed E-state index contributed by atoms with van der Waals surface area (Å²) < 4.78 is 0. The van der Waals surface area contributed by atoms with E-state index in [9.17, 15) is 9.59 Å². The van der Waals surface area contributed by atoms with Crippen molar-refractivity contribution in [1.29, 1.82) is 0 Å². The van der Waals surface area contributed by atoms with E-state index < -0.39 is 0 Å². The number of carbonyl (C=O) groups is 1. The molecule has 0 saturated carbocycles. The molecule has 0 fully saturated rings. The van der Waals surface area contributed by atoms with Crippen molar-refractivity contribution in [2.24, 2.45) is 0 Å². The van der Waals surface area contributed by atoms with Crippen molar-refractivity contribution < 1.29 is 4.79 Å². The van der Waals surface area contributed by atoms with Crippen LogP contribution in [0.3, 0.4) is 0 Å². The minimum atomic E-state index is -0.216. The SMILES string of the molecule is O=C(NCc1csc2c1CCCC2)c1cccc(-c2cc(=O)[nH]cn2)c1. The van der Waals surface area contributed by atoms with Gasteiger partial charge in [0.15, 0.2) is 0 Å². The van der Waals surface area contributed by atoms with Gasteiger partial charge < -0.3 is 10.3 Å². The fourth-order valence-electron chi connectivity index (χ4n) is 3.33. The molecule has 1 aliphatic carbocycles. The van der Waals surface area contributed by atoms with E-state index in [4.69, 9.17) is 0 Å². The maximum atomic E-state index is 12.6. The number of hydrogen-bond acceptors (Lipinski definition) is 4. The molecular weight excluding hydrogens is 346 g/mol. The van der Waals surface area contributed by atoms with Crippen molar-refractivity contribution in [1.82, 2.24) is 15.3 Å². The number of benzene rings is 1. The minimum Gasteiger partial charge on any atom is -0.348 e. The highest BCUT2D eigenvalue weighted by Gasteiger charge is 2.16. The van der Waals surface area contributed by atoms with Crippen LogP contribution in [0.15, 0.2) is 46.8 Å². The van der Waals surface area contributed by atoms with Crippen LogP contribution in [0.4, 0.5) is 0 Å². The predicted octanol–water partition coefficient (Wildman–Crippen LogP) is 3.31. The van der Waals surface area contributed by atoms with Crippen molar-refractivity contribution in [3.05, 3.63) is 74.0 Å². The van der Waals surface area contributed by atoms with E-state index >= 15 is 0 Å². The normalized spacial score (nSPS) is 13.2. The van der Waals surface area contributed by atoms with Gasteiger partial charge >= 0.3 is 0 Å². The Bertz CT molecular complexity index is 1010. The molecule has 0 atom stereocenters. The number of thiophene rings is 1. The number of amides is 1. The zero-order valence-corrected chi connectivity index (χ0v) is 15.1. The third-order valence-electron chi connectivity index (χ3n) is 4.69. The maximum Gasteiger partial charge on any atom is 0.251 e. The summed E-state index contributed by atoms with van der Waals surface area (Å²) in [4.78, 5) is 32.2. The molecule has 2 N–H and O–H groups in total. The molecule has 132 valence electrons. The molecule has 0 bridgehead atoms. The molecule has 1 aliphatic rings. The van der Waals surface area contributed by atoms with E-state index in [0.717, 1.165) is 12.0 Å². The molecule has 2 aromatic heterocycles. The van der Waals surface area contributed by atoms with Crippen LogP contribution in [0.25, 0.3) is 11.3 Å². The van der Waals surface area contributed by atoms with Crippen LogP contribution in [0.2, 0.25) is 0 Å². The van der Waals surface area contributed by atoms with Gasteiger partial charge in [0.05, 0.1) is 12.0 Å². The van der Waals surface area contributed by atoms with Gasteiger partial charge in [0.2, 0.25) is 0 Å². The lowest BCUT2D eigenvalue weighted by molar-refractivity contribution is 0.0951. The highest BCUT2D eigenvalue weighted by Crippen LogP contribution is 2.30. The molecule has 1 amide bonds. The Kier molecular flexibility index (Phi) is 4.67. The van der Waals surface area contributed by atoms with Gasteiger partial charge in [0, 0.05) is 28.6 Å². The second-order valence-electron chi connectivity index (χ2n) is 6.43. The number of nitrogens with one attached hydrogen (secondary N) is 2. The predicted molar refractivity (Wildman–Crippen MR) is 102 cm³/mol. The fraction of sp³-hybridized carbons (Fsp3) is 0.250. The monoisotopic (exact) mass is 365 g/mol. The van der Waals surface area contributed by atoms with Crippen LogP contribution in [-0.4, -0.2) is 15.9 Å². The van der Waals surface area contributed by atoms with Gasteiger partial charge in [-0.2, -0.15) is 0 Å². The second kappa shape index (κ2) is 7.25. The molecule has 0 saturated heterocycles. The number of nitrogens with zero attached hydrogens (tertiary/aromatic N) is 1. The molecule has 1 aromatic carbocycles. The van der Waals surface area contributed by atoms with E-state index in [1.807, 2.05) is 17.4 Å². The third kappa shape index (κ3) is 3.46. The molecule has 0 aliphatic heterocycles. The second-order valence-corrected chi connectivity index (χ2v) is 7.39. The van der Waals surface area contributed by atoms with Gasteiger partial charge in [-0.05, 0) is 54.3 Å². The Morgan fingerprint density at radius 3 is 3.00 bits per heavy atom. The number of aromatic amines is 1. The van der Waals surface area contributed by atoms with Gasteiger partial charge in [-0.25, -0.2) is 4.98 Å². The molecule has 0 radical (unpaired) electrons. The fourth-order valence-corrected chi connectivity index (χ4v) is 4.48. The van der Waals surface area contributed by atoms with E-state index in [-0.39, 0.29) is 11.5 Å². The molecule has 2 heterocycles. The van der Waals surface area contributed by atoms with E-state index in [1.165, 1.54) is 47.7 Å². The van der Waals surface area contributed by atoms with E-state index in [0.29, 0.717) is 17.8 Å². The lowest BCUT2D eigenvalue weighted by Crippen LogP contribution is -2.23. The first-order valence-electron chi connectivity index (χ1n) is 8.72. The summed E-state index contributed by atoms with van der Waals surface area (Å²) in [5, 5.41) is 5.19. The highest BCUT2D eigenvalue weighted by molar-refractivity contribution is 7.10. The zero-order valence-electron chi connectivity index (χ0n) is 14.2. The first-order chi connectivity index (χ1) is 12.7. The maximum absolute atomic E-state index is 12.6. The summed E-state index contributed by atoms with van der Waals surface area (Å²) in [6.45, 7) is 0.554. The molecule has 5 nitrogen and oxygen atoms in total. The van der Waals surface area contributed by atoms with E-state index in [2.05, 4.69) is 20.7 Å². The first kappa shape index (κ1) is 16.7. The molecule has 6 heteroatoms. The Balaban J connectivity index is 1.49. The molecule has 3 aromatic rings. The van der Waals surface area contributed by atoms with Crippen LogP contribution in [-0.2, 0) is 19.4 Å². The van der Waals surface area contributed by atoms with Crippen molar-refractivity contribution in [2.75, 3.05) is 0 Å². The number of rotatable bonds is 4. The third-order valence-corrected chi connectivity index (χ3v) is 5.82. The molecule has 0 spiro atoms. The number of hydrogen-bond donors (Lipinski definition) is 2. The largest absolute Gasteiger partial charge is 0.348 e. The minimum absolute atomic E-state index is 0.118. The Morgan fingerprint density at radius 1 is 1.23 bits per heavy atom. The van der Waals surface area contributed by atoms with Crippen molar-refractivity contribution in [3.8, 4) is 11.3 Å². The lowest BCUT2D eigenvalue weighted by atomic mass is 9.96. The summed E-state index contributed by atoms with van der Waals surface area (Å²) in [6, 6.07) is 8.61. The van der Waals surface area contributed by atoms with Crippen LogP contribution in [0, 0.1) is 0 Å². The first-order valence-corrected chi connectivity index (χ1v) is 9.60. The molecular formula is C20H19N3O2S. The summed E-state index contributed by atoms with van der Waals surface area (Å²) in [7, 11) is 0. The van der Waals surface area contributed by atoms with Crippen LogP contribution < -0.4 is 10.9 Å². The molecule has 26 heavy (non-hydrogen) atoms. The summed E-state index contributed by atoms with van der Waals surface area (Å²) in [5.74, 6) is -0.118. The van der Waals surface area contributed by atoms with Gasteiger partial charge in [-0.15, -0.1) is 11.3 Å². The topological polar surface area (TPSA) is 74.8 Å². The lowest BCUT2D eigenvalue weighted by Gasteiger charge is -2.13. The van der Waals surface area contributed by atoms with Crippen LogP contribution in [0.1, 0.15) is 39.2 Å². The average Bonchev–Trinajstić information content (AvgIpc) is 3.09. The number of carbonyl (C=O) groups excluding carboxylic acids is 1. The number of H-pyrrole nitrogens is 1. The Morgan fingerprint density at radius 2 is 2.12 bits per heavy atom. The van der Waals surface area contributed by atoms with Crippen LogP contribution >= 0.6 is 11.3 Å². The Labute approximate surface area is 155 Å². The molecule has 0 unspecified atom stereocenters. The number of aryl methyl sites for hydroxylation is 1. The van der Waals surface area contributed by atoms with Gasteiger partial charge in [-0.3, -0.25) is 9.59 Å². The quantitative estimate of drug-likeness (QED) is 0.745. The molecule has 4 rings (SSSR count). The number of fused-ring (bicyclic) bond motifs is 1. The summed E-state index contributed by atoms with van der Waals surface area (Å²) in [5.41, 5.74) is 4.32. The average molecular weight is 365 g/mol. The van der Waals surface area contributed by atoms with Gasteiger partial charge in [-0.1, -0.05) is 12.1 Å². The van der Waals surface area contributed by atoms with Crippen molar-refractivity contribution in [2.45, 2.75) is 32.2 Å². The number of aromatic nitrogens is 2. The Hall–Kier alpha value is -2.73. The van der Waals surface area contributed by atoms with Crippen molar-refractivity contribution >= 4 is 17.2 Å². The van der Waals surface area contributed by atoms with Gasteiger partial charge in [0.25, 0.3) is 11.5 Å². The smallest absolute Gasteiger partial charge is 0.251 e. The van der Waals surface area contributed by atoms with Crippen molar-refractivity contribution in [3.63, 3.8) is 0 Å². The zero-order chi connectivity index (χ0) is 17.9. The van der Waals surface area contributed by atoms with E-state index in [1.54, 1.807) is 18.2 Å². The highest BCUT2D eigenvalue weighted by atomic mass is 32.1. The summed E-state index contributed by atoms with van der Waals surface area (Å²) >= 11 is 1.81. The van der Waals surface area contributed by atoms with Gasteiger partial charge in [0.1, 0.15) is 0 Å². The summed E-state index contributed by atoms with van der Waals surface area (Å²) in [6.07, 6.45) is 6.15. The standard InChI is InChI=1S/C20H19N3O2S/c24-19-9-17(22-12-23-19)13-4-3-5-14(8-13)20(25)21-10-15-11-26-18-7-2-1-6-16(15)18/h3-5,8-9,11-12H,1-2,6-7,10H2,(H,21,25)(H,22,23,24). The van der Waals surface area contributed by atoms with Crippen LogP contribution in [0.5, 0.6) is 0 Å².